The minimum absolute atomic E-state index is 0.0856. The summed E-state index contributed by atoms with van der Waals surface area (Å²) in [4.78, 5) is 32.5. The monoisotopic (exact) mass is 537 g/mol. The van der Waals surface area contributed by atoms with Gasteiger partial charge in [0.2, 0.25) is 0 Å². The van der Waals surface area contributed by atoms with Gasteiger partial charge in [-0.25, -0.2) is 4.79 Å². The summed E-state index contributed by atoms with van der Waals surface area (Å²) in [6.07, 6.45) is -0.0856. The van der Waals surface area contributed by atoms with Gasteiger partial charge in [0.05, 0.1) is 5.71 Å². The van der Waals surface area contributed by atoms with Gasteiger partial charge in [-0.1, -0.05) is 142 Å². The van der Waals surface area contributed by atoms with Crippen LogP contribution in [-0.4, -0.2) is 28.1 Å². The van der Waals surface area contributed by atoms with E-state index < -0.39 is 22.8 Å². The number of aliphatic imine (C=N–C) groups is 1. The average molecular weight is 538 g/mol. The zero-order chi connectivity index (χ0) is 28.0. The molecule has 5 heteroatoms. The molecule has 0 amide bonds. The Hall–Kier alpha value is -4.02. The SMILES string of the molecule is CC(C)(C)[C@@](N=C(c1ccccc1)c1ccccc1)(C(=O)O)[C@@H](CC(=O)c1ccccc1)c1ccccc1Cl. The summed E-state index contributed by atoms with van der Waals surface area (Å²) in [5.41, 5.74) is 0.510. The van der Waals surface area contributed by atoms with E-state index in [1.54, 1.807) is 42.5 Å². The van der Waals surface area contributed by atoms with Gasteiger partial charge >= 0.3 is 5.97 Å². The molecule has 0 fully saturated rings. The van der Waals surface area contributed by atoms with Gasteiger partial charge in [0.15, 0.2) is 11.3 Å². The number of carbonyl (C=O) groups excluding carboxylic acids is 1. The summed E-state index contributed by atoms with van der Waals surface area (Å²) in [5, 5.41) is 11.5. The third-order valence-corrected chi connectivity index (χ3v) is 7.47. The summed E-state index contributed by atoms with van der Waals surface area (Å²) in [6.45, 7) is 5.57. The molecule has 0 aliphatic carbocycles. The molecule has 0 bridgehead atoms. The smallest absolute Gasteiger partial charge is 0.332 e. The molecule has 0 unspecified atom stereocenters. The van der Waals surface area contributed by atoms with Crippen molar-refractivity contribution in [3.05, 3.63) is 143 Å². The summed E-state index contributed by atoms with van der Waals surface area (Å²) < 4.78 is 0. The van der Waals surface area contributed by atoms with Gasteiger partial charge in [-0.05, 0) is 17.0 Å². The van der Waals surface area contributed by atoms with Crippen molar-refractivity contribution in [2.24, 2.45) is 10.4 Å². The van der Waals surface area contributed by atoms with Gasteiger partial charge < -0.3 is 5.11 Å². The summed E-state index contributed by atoms with van der Waals surface area (Å²) in [6, 6.07) is 35.2. The van der Waals surface area contributed by atoms with Crippen molar-refractivity contribution in [1.29, 1.82) is 0 Å². The van der Waals surface area contributed by atoms with Crippen LogP contribution in [0, 0.1) is 5.41 Å². The Morgan fingerprint density at radius 1 is 0.718 bits per heavy atom. The number of hydrogen-bond donors (Lipinski definition) is 1. The molecule has 0 saturated heterocycles. The highest BCUT2D eigenvalue weighted by Crippen LogP contribution is 2.49. The van der Waals surface area contributed by atoms with Crippen molar-refractivity contribution in [3.8, 4) is 0 Å². The zero-order valence-electron chi connectivity index (χ0n) is 22.3. The predicted octanol–water partition coefficient (Wildman–Crippen LogP) is 8.10. The number of carboxylic acid groups (broad SMARTS) is 1. The maximum atomic E-state index is 13.7. The van der Waals surface area contributed by atoms with Gasteiger partial charge in [-0.2, -0.15) is 0 Å². The highest BCUT2D eigenvalue weighted by molar-refractivity contribution is 6.31. The highest BCUT2D eigenvalue weighted by Gasteiger charge is 2.56. The minimum atomic E-state index is -1.76. The van der Waals surface area contributed by atoms with Crippen LogP contribution >= 0.6 is 11.6 Å². The molecule has 198 valence electrons. The van der Waals surface area contributed by atoms with Crippen molar-refractivity contribution in [3.63, 3.8) is 0 Å². The quantitative estimate of drug-likeness (QED) is 0.173. The molecule has 4 aromatic rings. The lowest BCUT2D eigenvalue weighted by Gasteiger charge is -2.44. The number of rotatable bonds is 9. The molecule has 1 N–H and O–H groups in total. The Morgan fingerprint density at radius 3 is 1.59 bits per heavy atom. The molecular weight excluding hydrogens is 506 g/mol. The van der Waals surface area contributed by atoms with E-state index in [0.717, 1.165) is 11.1 Å². The van der Waals surface area contributed by atoms with Crippen molar-refractivity contribution in [2.45, 2.75) is 38.6 Å². The van der Waals surface area contributed by atoms with E-state index in [9.17, 15) is 14.7 Å². The predicted molar refractivity (Wildman–Crippen MR) is 158 cm³/mol. The van der Waals surface area contributed by atoms with Gasteiger partial charge in [0.25, 0.3) is 0 Å². The molecule has 0 aliphatic heterocycles. The molecule has 0 saturated carbocycles. The van der Waals surface area contributed by atoms with E-state index in [0.29, 0.717) is 21.9 Å². The second kappa shape index (κ2) is 11.8. The largest absolute Gasteiger partial charge is 0.479 e. The molecular formula is C34H32ClNO3. The first-order valence-corrected chi connectivity index (χ1v) is 13.3. The van der Waals surface area contributed by atoms with E-state index in [2.05, 4.69) is 0 Å². The number of benzene rings is 4. The number of nitrogens with zero attached hydrogens (tertiary/aromatic N) is 1. The number of carboxylic acids is 1. The van der Waals surface area contributed by atoms with Gasteiger partial charge in [0, 0.05) is 34.1 Å². The second-order valence-corrected chi connectivity index (χ2v) is 11.0. The summed E-state index contributed by atoms with van der Waals surface area (Å²) >= 11 is 6.73. The molecule has 4 nitrogen and oxygen atoms in total. The first kappa shape index (κ1) is 28.0. The number of hydrogen-bond acceptors (Lipinski definition) is 3. The fraction of sp³-hybridized carbons (Fsp3) is 0.206. The molecule has 0 spiro atoms. The van der Waals surface area contributed by atoms with E-state index in [-0.39, 0.29) is 12.2 Å². The number of Topliss-reactive ketones (excluding diaryl/α,β-unsaturated/α-hetero) is 1. The topological polar surface area (TPSA) is 66.7 Å². The lowest BCUT2D eigenvalue weighted by molar-refractivity contribution is -0.149. The van der Waals surface area contributed by atoms with Crippen LogP contribution in [0.5, 0.6) is 0 Å². The summed E-state index contributed by atoms with van der Waals surface area (Å²) in [7, 11) is 0. The fourth-order valence-corrected chi connectivity index (χ4v) is 5.39. The van der Waals surface area contributed by atoms with Crippen LogP contribution in [0.4, 0.5) is 0 Å². The summed E-state index contributed by atoms with van der Waals surface area (Å²) in [5.74, 6) is -2.16. The van der Waals surface area contributed by atoms with Gasteiger partial charge in [0.1, 0.15) is 0 Å². The lowest BCUT2D eigenvalue weighted by atomic mass is 9.62. The maximum Gasteiger partial charge on any atom is 0.332 e. The number of carbonyl (C=O) groups is 2. The highest BCUT2D eigenvalue weighted by atomic mass is 35.5. The maximum absolute atomic E-state index is 13.7. The Balaban J connectivity index is 2.05. The van der Waals surface area contributed by atoms with Crippen molar-refractivity contribution in [1.82, 2.24) is 0 Å². The van der Waals surface area contributed by atoms with Crippen LogP contribution in [0.1, 0.15) is 60.2 Å². The third kappa shape index (κ3) is 5.86. The van der Waals surface area contributed by atoms with Gasteiger partial charge in [-0.3, -0.25) is 9.79 Å². The van der Waals surface area contributed by atoms with Crippen LogP contribution in [0.3, 0.4) is 0 Å². The number of ketones is 1. The fourth-order valence-electron chi connectivity index (χ4n) is 5.12. The van der Waals surface area contributed by atoms with Crippen LogP contribution in [0.2, 0.25) is 5.02 Å². The van der Waals surface area contributed by atoms with Crippen molar-refractivity contribution in [2.75, 3.05) is 0 Å². The second-order valence-electron chi connectivity index (χ2n) is 10.6. The first-order chi connectivity index (χ1) is 18.6. The molecule has 0 heterocycles. The normalized spacial score (nSPS) is 13.6. The minimum Gasteiger partial charge on any atom is -0.479 e. The Kier molecular flexibility index (Phi) is 8.47. The molecule has 0 aromatic heterocycles. The van der Waals surface area contributed by atoms with E-state index in [4.69, 9.17) is 16.6 Å². The molecule has 0 aliphatic rings. The van der Waals surface area contributed by atoms with Crippen LogP contribution in [-0.2, 0) is 4.79 Å². The van der Waals surface area contributed by atoms with Crippen LogP contribution in [0.25, 0.3) is 0 Å². The Morgan fingerprint density at radius 2 is 1.15 bits per heavy atom. The van der Waals surface area contributed by atoms with Crippen LogP contribution in [0.15, 0.2) is 120 Å². The molecule has 39 heavy (non-hydrogen) atoms. The molecule has 2 atom stereocenters. The molecule has 0 radical (unpaired) electrons. The zero-order valence-corrected chi connectivity index (χ0v) is 23.1. The van der Waals surface area contributed by atoms with Crippen molar-refractivity contribution < 1.29 is 14.7 Å². The van der Waals surface area contributed by atoms with E-state index >= 15 is 0 Å². The lowest BCUT2D eigenvalue weighted by Crippen LogP contribution is -2.54. The first-order valence-electron chi connectivity index (χ1n) is 12.9. The average Bonchev–Trinajstić information content (AvgIpc) is 2.93. The van der Waals surface area contributed by atoms with E-state index in [1.807, 2.05) is 93.6 Å². The Labute approximate surface area is 235 Å². The molecule has 4 rings (SSSR count). The van der Waals surface area contributed by atoms with Crippen molar-refractivity contribution >= 4 is 29.1 Å². The number of aliphatic carboxylic acids is 1. The molecule has 4 aromatic carbocycles. The Bertz CT molecular complexity index is 1420. The van der Waals surface area contributed by atoms with Gasteiger partial charge in [-0.15, -0.1) is 0 Å². The van der Waals surface area contributed by atoms with Crippen LogP contribution < -0.4 is 0 Å². The van der Waals surface area contributed by atoms with E-state index in [1.165, 1.54) is 0 Å². The third-order valence-electron chi connectivity index (χ3n) is 7.12. The number of halogens is 1. The standard InChI is InChI=1S/C34H32ClNO3/c1-33(2,3)34(32(38)39,36-31(25-17-9-5-10-18-25)26-19-11-6-12-20-26)28(27-21-13-14-22-29(27)35)23-30(37)24-15-7-4-8-16-24/h4-22,28H,23H2,1-3H3,(H,38,39)/t28-,34-/m0/s1.